The van der Waals surface area contributed by atoms with Gasteiger partial charge in [0.05, 0.1) is 0 Å². The van der Waals surface area contributed by atoms with Gasteiger partial charge in [-0.1, -0.05) is 15.9 Å². The normalized spacial score (nSPS) is 14.2. The van der Waals surface area contributed by atoms with Crippen molar-refractivity contribution in [2.75, 3.05) is 37.7 Å². The molecule has 0 atom stereocenters. The number of carbonyl (C=O) groups excluding carboxylic acids is 2. The van der Waals surface area contributed by atoms with Crippen molar-refractivity contribution >= 4 is 33.3 Å². The van der Waals surface area contributed by atoms with Gasteiger partial charge in [0.2, 0.25) is 0 Å². The van der Waals surface area contributed by atoms with Crippen LogP contribution >= 0.6 is 15.9 Å². The highest BCUT2D eigenvalue weighted by atomic mass is 79.9. The molecule has 0 bridgehead atoms. The van der Waals surface area contributed by atoms with E-state index in [1.165, 1.54) is 0 Å². The number of piperazine rings is 1. The Hall–Kier alpha value is -2.34. The quantitative estimate of drug-likeness (QED) is 0.700. The Kier molecular flexibility index (Phi) is 5.93. The maximum absolute atomic E-state index is 12.3. The Morgan fingerprint density at radius 2 is 1.58 bits per heavy atom. The Morgan fingerprint density at radius 3 is 2.15 bits per heavy atom. The third-order valence-corrected chi connectivity index (χ3v) is 4.98. The third-order valence-electron chi connectivity index (χ3n) is 4.45. The average Bonchev–Trinajstić information content (AvgIpc) is 2.67. The molecule has 136 valence electrons. The van der Waals surface area contributed by atoms with E-state index in [1.54, 1.807) is 6.92 Å². The highest BCUT2D eigenvalue weighted by Gasteiger charge is 2.21. The molecule has 0 radical (unpaired) electrons. The largest absolute Gasteiger partial charge is 0.484 e. The zero-order chi connectivity index (χ0) is 18.5. The van der Waals surface area contributed by atoms with Gasteiger partial charge in [-0.3, -0.25) is 9.59 Å². The first-order valence-electron chi connectivity index (χ1n) is 8.55. The van der Waals surface area contributed by atoms with Gasteiger partial charge in [0.15, 0.2) is 12.4 Å². The fourth-order valence-corrected chi connectivity index (χ4v) is 3.15. The van der Waals surface area contributed by atoms with Gasteiger partial charge < -0.3 is 14.5 Å². The van der Waals surface area contributed by atoms with Crippen LogP contribution < -0.4 is 9.64 Å². The van der Waals surface area contributed by atoms with Crippen LogP contribution in [0, 0.1) is 0 Å². The second-order valence-electron chi connectivity index (χ2n) is 6.21. The molecule has 1 amide bonds. The van der Waals surface area contributed by atoms with Gasteiger partial charge in [0.25, 0.3) is 5.91 Å². The lowest BCUT2D eigenvalue weighted by Crippen LogP contribution is -2.50. The number of amides is 1. The lowest BCUT2D eigenvalue weighted by Gasteiger charge is -2.36. The van der Waals surface area contributed by atoms with Crippen molar-refractivity contribution in [2.24, 2.45) is 0 Å². The molecule has 0 N–H and O–H groups in total. The van der Waals surface area contributed by atoms with Crippen molar-refractivity contribution in [3.63, 3.8) is 0 Å². The molecular weight excluding hydrogens is 396 g/mol. The molecule has 5 nitrogen and oxygen atoms in total. The van der Waals surface area contributed by atoms with Crippen LogP contribution in [0.1, 0.15) is 17.3 Å². The van der Waals surface area contributed by atoms with Crippen LogP contribution in [0.2, 0.25) is 0 Å². The van der Waals surface area contributed by atoms with Crippen LogP contribution in [0.3, 0.4) is 0 Å². The number of rotatable bonds is 5. The van der Waals surface area contributed by atoms with Crippen LogP contribution in [0.4, 0.5) is 5.69 Å². The first kappa shape index (κ1) is 18.5. The van der Waals surface area contributed by atoms with E-state index in [1.807, 2.05) is 53.4 Å². The summed E-state index contributed by atoms with van der Waals surface area (Å²) in [5.41, 5.74) is 1.79. The molecule has 26 heavy (non-hydrogen) atoms. The summed E-state index contributed by atoms with van der Waals surface area (Å²) in [4.78, 5) is 27.8. The molecule has 1 aliphatic heterocycles. The minimum atomic E-state index is -0.000466. The highest BCUT2D eigenvalue weighted by molar-refractivity contribution is 9.10. The van der Waals surface area contributed by atoms with Crippen molar-refractivity contribution in [3.8, 4) is 5.75 Å². The number of ketones is 1. The van der Waals surface area contributed by atoms with E-state index < -0.39 is 0 Å². The zero-order valence-electron chi connectivity index (χ0n) is 14.7. The first-order valence-corrected chi connectivity index (χ1v) is 9.34. The van der Waals surface area contributed by atoms with Gasteiger partial charge in [-0.25, -0.2) is 0 Å². The molecular formula is C20H21BrN2O3. The second-order valence-corrected chi connectivity index (χ2v) is 7.13. The number of nitrogens with zero attached hydrogens (tertiary/aromatic N) is 2. The number of Topliss-reactive ketones (excluding diaryl/α,β-unsaturated/α-hetero) is 1. The van der Waals surface area contributed by atoms with Crippen LogP contribution in [-0.2, 0) is 4.79 Å². The molecule has 0 spiro atoms. The average molecular weight is 417 g/mol. The zero-order valence-corrected chi connectivity index (χ0v) is 16.2. The summed E-state index contributed by atoms with van der Waals surface area (Å²) < 4.78 is 6.54. The van der Waals surface area contributed by atoms with Crippen molar-refractivity contribution < 1.29 is 14.3 Å². The molecule has 0 aliphatic carbocycles. The maximum Gasteiger partial charge on any atom is 0.260 e. The van der Waals surface area contributed by atoms with Gasteiger partial charge in [0.1, 0.15) is 5.75 Å². The van der Waals surface area contributed by atoms with Crippen LogP contribution in [-0.4, -0.2) is 49.4 Å². The van der Waals surface area contributed by atoms with Crippen LogP contribution in [0.5, 0.6) is 5.75 Å². The fraction of sp³-hybridized carbons (Fsp3) is 0.300. The minimum Gasteiger partial charge on any atom is -0.484 e. The van der Waals surface area contributed by atoms with E-state index in [0.717, 1.165) is 23.2 Å². The molecule has 0 aromatic heterocycles. The highest BCUT2D eigenvalue weighted by Crippen LogP contribution is 2.19. The number of ether oxygens (including phenoxy) is 1. The van der Waals surface area contributed by atoms with Gasteiger partial charge in [-0.15, -0.1) is 0 Å². The van der Waals surface area contributed by atoms with E-state index in [0.29, 0.717) is 24.4 Å². The summed E-state index contributed by atoms with van der Waals surface area (Å²) in [6.45, 7) is 4.48. The van der Waals surface area contributed by atoms with E-state index in [9.17, 15) is 9.59 Å². The Bertz CT molecular complexity index is 767. The summed E-state index contributed by atoms with van der Waals surface area (Å²) in [6.07, 6.45) is 0. The SMILES string of the molecule is CC(=O)c1ccc(N2CCN(C(=O)COc3ccc(Br)cc3)CC2)cc1. The second kappa shape index (κ2) is 8.36. The molecule has 3 rings (SSSR count). The van der Waals surface area contributed by atoms with Crippen molar-refractivity contribution in [3.05, 3.63) is 58.6 Å². The molecule has 0 unspecified atom stereocenters. The number of hydrogen-bond acceptors (Lipinski definition) is 4. The smallest absolute Gasteiger partial charge is 0.260 e. The number of hydrogen-bond donors (Lipinski definition) is 0. The lowest BCUT2D eigenvalue weighted by molar-refractivity contribution is -0.133. The number of halogens is 1. The van der Waals surface area contributed by atoms with Crippen LogP contribution in [0.25, 0.3) is 0 Å². The Labute approximate surface area is 161 Å². The summed E-state index contributed by atoms with van der Waals surface area (Å²) in [6, 6.07) is 15.1. The standard InChI is InChI=1S/C20H21BrN2O3/c1-15(24)16-2-6-18(7-3-16)22-10-12-23(13-11-22)20(25)14-26-19-8-4-17(21)5-9-19/h2-9H,10-14H2,1H3. The minimum absolute atomic E-state index is 0.000466. The molecule has 1 saturated heterocycles. The lowest BCUT2D eigenvalue weighted by atomic mass is 10.1. The summed E-state index contributed by atoms with van der Waals surface area (Å²) in [5.74, 6) is 0.753. The molecule has 6 heteroatoms. The number of anilines is 1. The molecule has 2 aromatic rings. The van der Waals surface area contributed by atoms with Gasteiger partial charge in [0, 0.05) is 41.9 Å². The van der Waals surface area contributed by atoms with Crippen molar-refractivity contribution in [1.82, 2.24) is 4.90 Å². The molecule has 1 fully saturated rings. The summed E-state index contributed by atoms with van der Waals surface area (Å²) in [7, 11) is 0. The summed E-state index contributed by atoms with van der Waals surface area (Å²) >= 11 is 3.37. The van der Waals surface area contributed by atoms with Gasteiger partial charge in [-0.2, -0.15) is 0 Å². The molecule has 1 heterocycles. The van der Waals surface area contributed by atoms with Crippen molar-refractivity contribution in [1.29, 1.82) is 0 Å². The Morgan fingerprint density at radius 1 is 0.962 bits per heavy atom. The fourth-order valence-electron chi connectivity index (χ4n) is 2.89. The van der Waals surface area contributed by atoms with Crippen LogP contribution in [0.15, 0.2) is 53.0 Å². The van der Waals surface area contributed by atoms with Crippen molar-refractivity contribution in [2.45, 2.75) is 6.92 Å². The molecule has 1 aliphatic rings. The van der Waals surface area contributed by atoms with E-state index >= 15 is 0 Å². The number of benzene rings is 2. The predicted molar refractivity (Wildman–Crippen MR) is 105 cm³/mol. The van der Waals surface area contributed by atoms with E-state index in [2.05, 4.69) is 20.8 Å². The molecule has 2 aromatic carbocycles. The first-order chi connectivity index (χ1) is 12.5. The van der Waals surface area contributed by atoms with E-state index in [4.69, 9.17) is 4.74 Å². The maximum atomic E-state index is 12.3. The van der Waals surface area contributed by atoms with E-state index in [-0.39, 0.29) is 18.3 Å². The topological polar surface area (TPSA) is 49.9 Å². The molecule has 0 saturated carbocycles. The Balaban J connectivity index is 1.48. The monoisotopic (exact) mass is 416 g/mol. The van der Waals surface area contributed by atoms with Gasteiger partial charge >= 0.3 is 0 Å². The predicted octanol–water partition coefficient (Wildman–Crippen LogP) is 3.38. The third kappa shape index (κ3) is 4.64. The summed E-state index contributed by atoms with van der Waals surface area (Å²) in [5, 5.41) is 0. The van der Waals surface area contributed by atoms with Gasteiger partial charge in [-0.05, 0) is 55.5 Å². The number of carbonyl (C=O) groups is 2.